The first kappa shape index (κ1) is 25.5. The van der Waals surface area contributed by atoms with Gasteiger partial charge in [-0.05, 0) is 50.1 Å². The summed E-state index contributed by atoms with van der Waals surface area (Å²) >= 11 is 0. The number of hydrogen-bond donors (Lipinski definition) is 3. The van der Waals surface area contributed by atoms with Crippen LogP contribution in [0.25, 0.3) is 11.1 Å². The van der Waals surface area contributed by atoms with E-state index in [4.69, 9.17) is 0 Å². The molecule has 8 nitrogen and oxygen atoms in total. The first-order valence-corrected chi connectivity index (χ1v) is 12.3. The number of nitrogens with zero attached hydrogens (tertiary/aromatic N) is 4. The van der Waals surface area contributed by atoms with Crippen LogP contribution in [0.4, 0.5) is 40.8 Å². The molecule has 2 aromatic carbocycles. The van der Waals surface area contributed by atoms with Gasteiger partial charge >= 0.3 is 6.03 Å². The zero-order valence-electron chi connectivity index (χ0n) is 20.5. The molecule has 0 bridgehead atoms. The Balaban J connectivity index is 1.53. The van der Waals surface area contributed by atoms with Crippen LogP contribution in [0.3, 0.4) is 0 Å². The summed E-state index contributed by atoms with van der Waals surface area (Å²) in [5, 5.41) is 25.0. The van der Waals surface area contributed by atoms with Gasteiger partial charge in [0, 0.05) is 42.5 Å². The van der Waals surface area contributed by atoms with Crippen molar-refractivity contribution in [3.63, 3.8) is 0 Å². The molecule has 1 fully saturated rings. The first-order valence-electron chi connectivity index (χ1n) is 12.3. The van der Waals surface area contributed by atoms with Crippen LogP contribution in [0.1, 0.15) is 25.3 Å². The highest BCUT2D eigenvalue weighted by molar-refractivity contribution is 6.14. The largest absolute Gasteiger partial charge is 0.393 e. The Morgan fingerprint density at radius 3 is 2.50 bits per heavy atom. The van der Waals surface area contributed by atoms with E-state index >= 15 is 8.78 Å². The molecular weight excluding hydrogens is 497 g/mol. The molecule has 196 valence electrons. The Kier molecular flexibility index (Phi) is 6.93. The van der Waals surface area contributed by atoms with Crippen LogP contribution in [0.15, 0.2) is 42.6 Å². The minimum atomic E-state index is -0.995. The molecule has 0 saturated heterocycles. The number of halogens is 3. The zero-order valence-corrected chi connectivity index (χ0v) is 20.5. The predicted molar refractivity (Wildman–Crippen MR) is 137 cm³/mol. The van der Waals surface area contributed by atoms with E-state index < -0.39 is 29.2 Å². The molecule has 0 unspecified atom stereocenters. The Hall–Kier alpha value is -4.14. The fourth-order valence-corrected chi connectivity index (χ4v) is 4.79. The van der Waals surface area contributed by atoms with Crippen LogP contribution in [0, 0.1) is 28.8 Å². The molecule has 2 heterocycles. The van der Waals surface area contributed by atoms with Gasteiger partial charge in [0.2, 0.25) is 0 Å². The molecule has 1 aliphatic carbocycles. The maximum absolute atomic E-state index is 15.6. The van der Waals surface area contributed by atoms with Crippen molar-refractivity contribution in [2.75, 3.05) is 34.8 Å². The number of nitrogens with one attached hydrogen (secondary N) is 2. The number of hydrogen-bond acceptors (Lipinski definition) is 6. The quantitative estimate of drug-likeness (QED) is 0.390. The number of pyridine rings is 1. The van der Waals surface area contributed by atoms with Gasteiger partial charge in [0.25, 0.3) is 0 Å². The number of fused-ring (bicyclic) bond motifs is 3. The summed E-state index contributed by atoms with van der Waals surface area (Å²) in [7, 11) is 0. The van der Waals surface area contributed by atoms with Crippen molar-refractivity contribution < 1.29 is 23.1 Å². The molecule has 38 heavy (non-hydrogen) atoms. The molecule has 2 amide bonds. The van der Waals surface area contributed by atoms with Crippen molar-refractivity contribution in [2.45, 2.75) is 31.9 Å². The lowest BCUT2D eigenvalue weighted by Gasteiger charge is -2.32. The van der Waals surface area contributed by atoms with Crippen molar-refractivity contribution in [1.29, 1.82) is 5.26 Å². The van der Waals surface area contributed by atoms with E-state index in [2.05, 4.69) is 15.6 Å². The fourth-order valence-electron chi connectivity index (χ4n) is 4.79. The Bertz CT molecular complexity index is 1410. The number of aliphatic hydroxyl groups is 1. The topological polar surface area (TPSA) is 105 Å². The van der Waals surface area contributed by atoms with E-state index in [0.717, 1.165) is 23.2 Å². The van der Waals surface area contributed by atoms with Gasteiger partial charge in [-0.15, -0.1) is 0 Å². The Morgan fingerprint density at radius 1 is 1.11 bits per heavy atom. The van der Waals surface area contributed by atoms with Gasteiger partial charge in [0.05, 0.1) is 29.6 Å². The zero-order chi connectivity index (χ0) is 27.0. The Labute approximate surface area is 217 Å². The highest BCUT2D eigenvalue weighted by Gasteiger charge is 2.36. The number of anilines is 4. The number of amides is 2. The number of aromatic nitrogens is 1. The SMILES string of the molecule is CCN1C(=O)N(c2c(F)cc(NCCNC3CC(O)C3)cc2F)c2cc(C#N)ccc2-c2cc(F)cnc21. The summed E-state index contributed by atoms with van der Waals surface area (Å²) in [6, 6.07) is 9.12. The van der Waals surface area contributed by atoms with Crippen molar-refractivity contribution in [3.8, 4) is 17.2 Å². The molecule has 5 rings (SSSR count). The summed E-state index contributed by atoms with van der Waals surface area (Å²) in [6.07, 6.45) is 2.05. The van der Waals surface area contributed by atoms with Crippen molar-refractivity contribution in [2.24, 2.45) is 0 Å². The van der Waals surface area contributed by atoms with Gasteiger partial charge in [-0.25, -0.2) is 22.9 Å². The number of urea groups is 1. The number of carbonyl (C=O) groups excluding carboxylic acids is 1. The molecule has 1 aliphatic heterocycles. The van der Waals surface area contributed by atoms with Crippen LogP contribution >= 0.6 is 0 Å². The summed E-state index contributed by atoms with van der Waals surface area (Å²) < 4.78 is 45.4. The van der Waals surface area contributed by atoms with Gasteiger partial charge in [-0.1, -0.05) is 6.07 Å². The minimum Gasteiger partial charge on any atom is -0.393 e. The van der Waals surface area contributed by atoms with E-state index in [0.29, 0.717) is 31.5 Å². The van der Waals surface area contributed by atoms with Crippen molar-refractivity contribution in [1.82, 2.24) is 10.3 Å². The molecule has 1 saturated carbocycles. The molecule has 0 radical (unpaired) electrons. The second-order valence-electron chi connectivity index (χ2n) is 9.22. The summed E-state index contributed by atoms with van der Waals surface area (Å²) in [5.74, 6) is -2.50. The van der Waals surface area contributed by atoms with Crippen LogP contribution in [0.2, 0.25) is 0 Å². The van der Waals surface area contributed by atoms with E-state index in [9.17, 15) is 19.6 Å². The van der Waals surface area contributed by atoms with E-state index in [1.807, 2.05) is 6.07 Å². The van der Waals surface area contributed by atoms with E-state index in [-0.39, 0.29) is 47.0 Å². The Morgan fingerprint density at radius 2 is 1.84 bits per heavy atom. The number of aliphatic hydroxyl groups excluding tert-OH is 1. The van der Waals surface area contributed by atoms with Crippen LogP contribution < -0.4 is 20.4 Å². The standard InChI is InChI=1S/C27H25F3N6O2/c1-2-35-26-21(8-16(28)14-34-26)20-4-3-15(13-31)7-24(20)36(27(35)38)25-22(29)11-18(12-23(25)30)33-6-5-32-17-9-19(37)10-17/h3-4,7-8,11-12,14,17,19,32-33,37H,2,5-6,9-10H2,1H3. The number of rotatable bonds is 7. The van der Waals surface area contributed by atoms with Gasteiger partial charge in [-0.3, -0.25) is 9.80 Å². The maximum atomic E-state index is 15.6. The molecular formula is C27H25F3N6O2. The number of benzene rings is 2. The lowest BCUT2D eigenvalue weighted by Crippen LogP contribution is -2.45. The molecule has 1 aromatic heterocycles. The van der Waals surface area contributed by atoms with Gasteiger partial charge < -0.3 is 15.7 Å². The lowest BCUT2D eigenvalue weighted by atomic mass is 9.90. The molecule has 3 aromatic rings. The third-order valence-corrected chi connectivity index (χ3v) is 6.73. The van der Waals surface area contributed by atoms with Gasteiger partial charge in [0.1, 0.15) is 17.3 Å². The van der Waals surface area contributed by atoms with Gasteiger partial charge in [-0.2, -0.15) is 5.26 Å². The molecule has 11 heteroatoms. The average Bonchev–Trinajstić information content (AvgIpc) is 2.97. The third kappa shape index (κ3) is 4.64. The van der Waals surface area contributed by atoms with Crippen LogP contribution in [0.5, 0.6) is 0 Å². The molecule has 0 atom stereocenters. The summed E-state index contributed by atoms with van der Waals surface area (Å²) in [5.41, 5.74) is 0.306. The van der Waals surface area contributed by atoms with E-state index in [1.165, 1.54) is 29.2 Å². The number of nitriles is 1. The fraction of sp³-hybridized carbons (Fsp3) is 0.296. The molecule has 0 spiro atoms. The molecule has 2 aliphatic rings. The van der Waals surface area contributed by atoms with Crippen LogP contribution in [-0.4, -0.2) is 47.9 Å². The smallest absolute Gasteiger partial charge is 0.334 e. The predicted octanol–water partition coefficient (Wildman–Crippen LogP) is 4.66. The lowest BCUT2D eigenvalue weighted by molar-refractivity contribution is 0.0632. The highest BCUT2D eigenvalue weighted by Crippen LogP contribution is 2.45. The second kappa shape index (κ2) is 10.3. The number of carbonyl (C=O) groups is 1. The third-order valence-electron chi connectivity index (χ3n) is 6.73. The van der Waals surface area contributed by atoms with Crippen LogP contribution in [-0.2, 0) is 0 Å². The second-order valence-corrected chi connectivity index (χ2v) is 9.22. The maximum Gasteiger partial charge on any atom is 0.334 e. The normalized spacial score (nSPS) is 18.3. The van der Waals surface area contributed by atoms with Crippen molar-refractivity contribution >= 4 is 28.9 Å². The van der Waals surface area contributed by atoms with Gasteiger partial charge in [0.15, 0.2) is 11.6 Å². The monoisotopic (exact) mass is 522 g/mol. The first-order chi connectivity index (χ1) is 18.3. The van der Waals surface area contributed by atoms with E-state index in [1.54, 1.807) is 6.92 Å². The average molecular weight is 523 g/mol. The van der Waals surface area contributed by atoms with Crippen molar-refractivity contribution in [3.05, 3.63) is 65.6 Å². The minimum absolute atomic E-state index is 0.0315. The highest BCUT2D eigenvalue weighted by atomic mass is 19.1. The summed E-state index contributed by atoms with van der Waals surface area (Å²) in [6.45, 7) is 2.68. The molecule has 3 N–H and O–H groups in total. The summed E-state index contributed by atoms with van der Waals surface area (Å²) in [4.78, 5) is 19.9.